The normalized spacial score (nSPS) is 11.4. The summed E-state index contributed by atoms with van der Waals surface area (Å²) in [5.74, 6) is 0.0473. The minimum atomic E-state index is -0.620. The Morgan fingerprint density at radius 1 is 1.10 bits per heavy atom. The fourth-order valence-electron chi connectivity index (χ4n) is 3.55. The molecule has 0 fully saturated rings. The van der Waals surface area contributed by atoms with Crippen LogP contribution >= 0.6 is 0 Å². The van der Waals surface area contributed by atoms with Gasteiger partial charge >= 0.3 is 0 Å². The van der Waals surface area contributed by atoms with E-state index in [1.54, 1.807) is 24.1 Å². The number of aromatic nitrogens is 5. The summed E-state index contributed by atoms with van der Waals surface area (Å²) < 4.78 is 29.3. The molecule has 2 aromatic heterocycles. The highest BCUT2D eigenvalue weighted by Gasteiger charge is 2.22. The fourth-order valence-corrected chi connectivity index (χ4v) is 3.55. The summed E-state index contributed by atoms with van der Waals surface area (Å²) in [6, 6.07) is 10.7. The molecule has 0 amide bonds. The number of hydrogen-bond acceptors (Lipinski definition) is 5. The molecule has 0 bridgehead atoms. The Kier molecular flexibility index (Phi) is 5.50. The number of fused-ring (bicyclic) bond motifs is 1. The van der Waals surface area contributed by atoms with Crippen LogP contribution in [0.3, 0.4) is 0 Å². The molecule has 0 aliphatic heterocycles. The lowest BCUT2D eigenvalue weighted by Gasteiger charge is -2.21. The Bertz CT molecular complexity index is 1300. The van der Waals surface area contributed by atoms with Gasteiger partial charge in [-0.2, -0.15) is 5.10 Å². The number of halogens is 2. The second-order valence-electron chi connectivity index (χ2n) is 7.87. The van der Waals surface area contributed by atoms with Crippen molar-refractivity contribution >= 4 is 16.7 Å². The zero-order valence-electron chi connectivity index (χ0n) is 17.4. The zero-order valence-corrected chi connectivity index (χ0v) is 17.4. The predicted octanol–water partition coefficient (Wildman–Crippen LogP) is 3.75. The van der Waals surface area contributed by atoms with Crippen LogP contribution in [0, 0.1) is 17.6 Å². The molecule has 2 aromatic carbocycles. The topological polar surface area (TPSA) is 79.7 Å². The second kappa shape index (κ2) is 8.25. The van der Waals surface area contributed by atoms with Gasteiger partial charge in [0.1, 0.15) is 17.3 Å². The summed E-state index contributed by atoms with van der Waals surface area (Å²) in [5, 5.41) is 16.6. The minimum Gasteiger partial charge on any atom is -0.340 e. The number of rotatable bonds is 6. The van der Waals surface area contributed by atoms with Gasteiger partial charge in [0.15, 0.2) is 5.82 Å². The van der Waals surface area contributed by atoms with Crippen molar-refractivity contribution in [2.24, 2.45) is 5.92 Å². The Balaban J connectivity index is 1.80. The number of anilines is 1. The van der Waals surface area contributed by atoms with Crippen LogP contribution in [0.1, 0.15) is 19.4 Å². The SMILES string of the molecule is CC(C)Cn1c(-c2n[nH]c(=O)c3ccccc23)nnc1N(C)Cc1ccc(F)cc1F. The Hall–Kier alpha value is -3.62. The van der Waals surface area contributed by atoms with Gasteiger partial charge in [0.05, 0.1) is 5.39 Å². The number of nitrogens with zero attached hydrogens (tertiary/aromatic N) is 5. The molecular formula is C22H22F2N6O. The van der Waals surface area contributed by atoms with Crippen LogP contribution in [0.5, 0.6) is 0 Å². The van der Waals surface area contributed by atoms with E-state index in [1.807, 2.05) is 16.7 Å². The van der Waals surface area contributed by atoms with E-state index in [1.165, 1.54) is 12.1 Å². The maximum absolute atomic E-state index is 14.2. The molecule has 0 aliphatic carbocycles. The van der Waals surface area contributed by atoms with E-state index >= 15 is 0 Å². The monoisotopic (exact) mass is 424 g/mol. The molecule has 1 N–H and O–H groups in total. The van der Waals surface area contributed by atoms with Crippen LogP contribution in [0.15, 0.2) is 47.3 Å². The molecule has 2 heterocycles. The van der Waals surface area contributed by atoms with E-state index in [-0.39, 0.29) is 18.0 Å². The van der Waals surface area contributed by atoms with E-state index in [0.717, 1.165) is 6.07 Å². The fraction of sp³-hybridized carbons (Fsp3) is 0.273. The Labute approximate surface area is 177 Å². The van der Waals surface area contributed by atoms with E-state index in [2.05, 4.69) is 34.2 Å². The van der Waals surface area contributed by atoms with Crippen LogP contribution in [0.4, 0.5) is 14.7 Å². The molecule has 4 rings (SSSR count). The van der Waals surface area contributed by atoms with Gasteiger partial charge < -0.3 is 4.90 Å². The lowest BCUT2D eigenvalue weighted by Crippen LogP contribution is -2.23. The Morgan fingerprint density at radius 2 is 1.84 bits per heavy atom. The van der Waals surface area contributed by atoms with Gasteiger partial charge in [-0.3, -0.25) is 9.36 Å². The minimum absolute atomic E-state index is 0.183. The quantitative estimate of drug-likeness (QED) is 0.510. The predicted molar refractivity (Wildman–Crippen MR) is 115 cm³/mol. The first-order chi connectivity index (χ1) is 14.8. The van der Waals surface area contributed by atoms with E-state index < -0.39 is 11.6 Å². The molecule has 9 heteroatoms. The number of hydrogen-bond donors (Lipinski definition) is 1. The number of nitrogens with one attached hydrogen (secondary N) is 1. The summed E-state index contributed by atoms with van der Waals surface area (Å²) in [7, 11) is 1.77. The van der Waals surface area contributed by atoms with Crippen LogP contribution in [-0.2, 0) is 13.1 Å². The van der Waals surface area contributed by atoms with Crippen LogP contribution in [-0.4, -0.2) is 32.0 Å². The van der Waals surface area contributed by atoms with Gasteiger partial charge in [0, 0.05) is 37.2 Å². The molecule has 0 saturated heterocycles. The number of aromatic amines is 1. The third kappa shape index (κ3) is 4.03. The molecule has 0 saturated carbocycles. The van der Waals surface area contributed by atoms with Crippen molar-refractivity contribution in [2.75, 3.05) is 11.9 Å². The molecular weight excluding hydrogens is 402 g/mol. The van der Waals surface area contributed by atoms with Crippen molar-refractivity contribution in [1.29, 1.82) is 0 Å². The zero-order chi connectivity index (χ0) is 22.1. The second-order valence-corrected chi connectivity index (χ2v) is 7.87. The smallest absolute Gasteiger partial charge is 0.272 e. The van der Waals surface area contributed by atoms with Crippen molar-refractivity contribution in [3.63, 3.8) is 0 Å². The average Bonchev–Trinajstić information content (AvgIpc) is 3.13. The first-order valence-corrected chi connectivity index (χ1v) is 9.91. The van der Waals surface area contributed by atoms with Crippen LogP contribution < -0.4 is 10.5 Å². The highest BCUT2D eigenvalue weighted by Crippen LogP contribution is 2.27. The van der Waals surface area contributed by atoms with Gasteiger partial charge in [-0.15, -0.1) is 10.2 Å². The molecule has 0 spiro atoms. The van der Waals surface area contributed by atoms with Crippen LogP contribution in [0.25, 0.3) is 22.3 Å². The maximum atomic E-state index is 14.2. The van der Waals surface area contributed by atoms with Gasteiger partial charge in [-0.25, -0.2) is 13.9 Å². The summed E-state index contributed by atoms with van der Waals surface area (Å²) >= 11 is 0. The molecule has 0 atom stereocenters. The van der Waals surface area contributed by atoms with Crippen molar-refractivity contribution in [3.05, 3.63) is 70.0 Å². The third-order valence-electron chi connectivity index (χ3n) is 4.95. The number of H-pyrrole nitrogens is 1. The van der Waals surface area contributed by atoms with Crippen molar-refractivity contribution < 1.29 is 8.78 Å². The lowest BCUT2D eigenvalue weighted by molar-refractivity contribution is 0.521. The lowest BCUT2D eigenvalue weighted by atomic mass is 10.1. The molecule has 160 valence electrons. The van der Waals surface area contributed by atoms with Gasteiger partial charge in [-0.1, -0.05) is 38.1 Å². The Morgan fingerprint density at radius 3 is 2.55 bits per heavy atom. The van der Waals surface area contributed by atoms with Crippen molar-refractivity contribution in [1.82, 2.24) is 25.0 Å². The average molecular weight is 424 g/mol. The van der Waals surface area contributed by atoms with Crippen molar-refractivity contribution in [2.45, 2.75) is 26.9 Å². The van der Waals surface area contributed by atoms with E-state index in [9.17, 15) is 13.6 Å². The summed E-state index contributed by atoms with van der Waals surface area (Å²) in [4.78, 5) is 13.9. The third-order valence-corrected chi connectivity index (χ3v) is 4.95. The van der Waals surface area contributed by atoms with Gasteiger partial charge in [-0.05, 0) is 18.1 Å². The van der Waals surface area contributed by atoms with Gasteiger partial charge in [0.25, 0.3) is 5.56 Å². The van der Waals surface area contributed by atoms with Crippen molar-refractivity contribution in [3.8, 4) is 11.5 Å². The summed E-state index contributed by atoms with van der Waals surface area (Å²) in [5.41, 5.74) is 0.575. The van der Waals surface area contributed by atoms with Crippen LogP contribution in [0.2, 0.25) is 0 Å². The molecule has 31 heavy (non-hydrogen) atoms. The standard InChI is InChI=1S/C22H22F2N6O/c1-13(2)11-30-20(19-16-6-4-5-7-17(16)21(31)27-25-19)26-28-22(30)29(3)12-14-8-9-15(23)10-18(14)24/h4-10,13H,11-12H2,1-3H3,(H,27,31). The largest absolute Gasteiger partial charge is 0.340 e. The maximum Gasteiger partial charge on any atom is 0.272 e. The van der Waals surface area contributed by atoms with E-state index in [0.29, 0.717) is 40.3 Å². The molecule has 7 nitrogen and oxygen atoms in total. The number of benzene rings is 2. The highest BCUT2D eigenvalue weighted by atomic mass is 19.1. The molecule has 4 aromatic rings. The molecule has 0 radical (unpaired) electrons. The first-order valence-electron chi connectivity index (χ1n) is 9.91. The molecule has 0 aliphatic rings. The van der Waals surface area contributed by atoms with E-state index in [4.69, 9.17) is 0 Å². The summed E-state index contributed by atoms with van der Waals surface area (Å²) in [6.45, 7) is 4.89. The first kappa shape index (κ1) is 20.6. The highest BCUT2D eigenvalue weighted by molar-refractivity contribution is 5.92. The molecule has 0 unspecified atom stereocenters. The summed E-state index contributed by atoms with van der Waals surface area (Å²) in [6.07, 6.45) is 0. The van der Waals surface area contributed by atoms with Gasteiger partial charge in [0.2, 0.25) is 5.95 Å².